The maximum Gasteiger partial charge on any atom is 0.250 e. The fraction of sp³-hybridized carbons (Fsp3) is 0.609. The molecule has 2 aliphatic rings. The molecule has 7 nitrogen and oxygen atoms in total. The molecular weight excluding hydrogens is 380 g/mol. The van der Waals surface area contributed by atoms with E-state index >= 15 is 0 Å². The molecule has 0 saturated carbocycles. The highest BCUT2D eigenvalue weighted by molar-refractivity contribution is 5.96. The molecule has 0 aliphatic carbocycles. The Morgan fingerprint density at radius 3 is 2.40 bits per heavy atom. The van der Waals surface area contributed by atoms with Crippen molar-refractivity contribution in [1.82, 2.24) is 15.1 Å². The van der Waals surface area contributed by atoms with Crippen LogP contribution in [-0.2, 0) is 14.4 Å². The van der Waals surface area contributed by atoms with E-state index < -0.39 is 5.54 Å². The van der Waals surface area contributed by atoms with Crippen LogP contribution in [0.1, 0.15) is 52.9 Å². The van der Waals surface area contributed by atoms with E-state index in [-0.39, 0.29) is 30.3 Å². The number of para-hydroxylation sites is 1. The average molecular weight is 415 g/mol. The third-order valence-corrected chi connectivity index (χ3v) is 6.34. The minimum Gasteiger partial charge on any atom is -0.352 e. The molecule has 3 amide bonds. The van der Waals surface area contributed by atoms with Gasteiger partial charge in [0.2, 0.25) is 11.8 Å². The number of benzene rings is 1. The van der Waals surface area contributed by atoms with Gasteiger partial charge in [-0.15, -0.1) is 0 Å². The predicted molar refractivity (Wildman–Crippen MR) is 117 cm³/mol. The first-order valence-electron chi connectivity index (χ1n) is 11.1. The number of carbonyl (C=O) groups is 3. The van der Waals surface area contributed by atoms with Crippen molar-refractivity contribution in [2.45, 2.75) is 64.5 Å². The summed E-state index contributed by atoms with van der Waals surface area (Å²) < 4.78 is 0. The first-order valence-corrected chi connectivity index (χ1v) is 11.1. The number of nitrogens with zero attached hydrogens (tertiary/aromatic N) is 3. The third kappa shape index (κ3) is 4.45. The van der Waals surface area contributed by atoms with Crippen LogP contribution < -0.4 is 10.2 Å². The Labute approximate surface area is 179 Å². The Balaban J connectivity index is 1.79. The third-order valence-electron chi connectivity index (χ3n) is 6.34. The van der Waals surface area contributed by atoms with Gasteiger partial charge in [-0.05, 0) is 44.7 Å². The van der Waals surface area contributed by atoms with E-state index in [4.69, 9.17) is 0 Å². The van der Waals surface area contributed by atoms with Crippen LogP contribution in [0.5, 0.6) is 0 Å². The van der Waals surface area contributed by atoms with Crippen molar-refractivity contribution in [2.75, 3.05) is 31.2 Å². The zero-order chi connectivity index (χ0) is 21.7. The standard InChI is InChI=1S/C23H34N4O3/c1-4-9-21(29)25-14-12-23(13-15-25)22(30)26(16-20(28)24-18(3)5-2)17-27(23)19-10-7-6-8-11-19/h6-8,10-11,18H,4-5,9,12-17H2,1-3H3,(H,24,28)/t18-/m0/s1. The van der Waals surface area contributed by atoms with Gasteiger partial charge in [-0.2, -0.15) is 0 Å². The Morgan fingerprint density at radius 1 is 1.13 bits per heavy atom. The molecule has 0 aromatic heterocycles. The molecule has 1 aromatic rings. The maximum atomic E-state index is 13.6. The Morgan fingerprint density at radius 2 is 1.80 bits per heavy atom. The quantitative estimate of drug-likeness (QED) is 0.744. The monoisotopic (exact) mass is 414 g/mol. The molecule has 0 unspecified atom stereocenters. The van der Waals surface area contributed by atoms with Crippen LogP contribution in [0.3, 0.4) is 0 Å². The Hall–Kier alpha value is -2.57. The number of rotatable bonds is 7. The average Bonchev–Trinajstić information content (AvgIpc) is 3.01. The van der Waals surface area contributed by atoms with Crippen LogP contribution in [0.25, 0.3) is 0 Å². The highest BCUT2D eigenvalue weighted by Gasteiger charge is 2.54. The molecule has 2 saturated heterocycles. The van der Waals surface area contributed by atoms with Crippen LogP contribution in [0.2, 0.25) is 0 Å². The molecular formula is C23H34N4O3. The van der Waals surface area contributed by atoms with Crippen LogP contribution in [0.15, 0.2) is 30.3 Å². The van der Waals surface area contributed by atoms with Crippen molar-refractivity contribution in [1.29, 1.82) is 0 Å². The summed E-state index contributed by atoms with van der Waals surface area (Å²) in [4.78, 5) is 44.0. The van der Waals surface area contributed by atoms with Crippen LogP contribution in [-0.4, -0.2) is 65.4 Å². The zero-order valence-electron chi connectivity index (χ0n) is 18.4. The molecule has 3 rings (SSSR count). The summed E-state index contributed by atoms with van der Waals surface area (Å²) >= 11 is 0. The number of hydrogen-bond acceptors (Lipinski definition) is 4. The fourth-order valence-corrected chi connectivity index (χ4v) is 4.42. The van der Waals surface area contributed by atoms with E-state index in [9.17, 15) is 14.4 Å². The topological polar surface area (TPSA) is 73.0 Å². The van der Waals surface area contributed by atoms with Crippen molar-refractivity contribution in [3.63, 3.8) is 0 Å². The first-order chi connectivity index (χ1) is 14.4. The Bertz CT molecular complexity index is 759. The van der Waals surface area contributed by atoms with Gasteiger partial charge < -0.3 is 20.0 Å². The van der Waals surface area contributed by atoms with Gasteiger partial charge in [0.25, 0.3) is 5.91 Å². The van der Waals surface area contributed by atoms with E-state index in [1.165, 1.54) is 0 Å². The number of nitrogens with one attached hydrogen (secondary N) is 1. The second kappa shape index (κ2) is 9.49. The normalized spacial score (nSPS) is 19.3. The molecule has 2 heterocycles. The molecule has 164 valence electrons. The number of carbonyl (C=O) groups excluding carboxylic acids is 3. The van der Waals surface area contributed by atoms with Crippen molar-refractivity contribution in [3.05, 3.63) is 30.3 Å². The first kappa shape index (κ1) is 22.1. The van der Waals surface area contributed by atoms with Crippen molar-refractivity contribution >= 4 is 23.4 Å². The van der Waals surface area contributed by atoms with Crippen molar-refractivity contribution in [2.24, 2.45) is 0 Å². The maximum absolute atomic E-state index is 13.6. The summed E-state index contributed by atoms with van der Waals surface area (Å²) in [6.45, 7) is 7.58. The van der Waals surface area contributed by atoms with Crippen LogP contribution in [0.4, 0.5) is 5.69 Å². The van der Waals surface area contributed by atoms with E-state index in [0.29, 0.717) is 39.0 Å². The summed E-state index contributed by atoms with van der Waals surface area (Å²) in [5.41, 5.74) is 0.282. The summed E-state index contributed by atoms with van der Waals surface area (Å²) in [5, 5.41) is 2.95. The van der Waals surface area contributed by atoms with Crippen molar-refractivity contribution in [3.8, 4) is 0 Å². The zero-order valence-corrected chi connectivity index (χ0v) is 18.4. The highest BCUT2D eigenvalue weighted by atomic mass is 16.2. The van der Waals surface area contributed by atoms with Gasteiger partial charge in [-0.3, -0.25) is 14.4 Å². The molecule has 1 atom stereocenters. The lowest BCUT2D eigenvalue weighted by atomic mass is 9.85. The number of amides is 3. The van der Waals surface area contributed by atoms with E-state index in [1.54, 1.807) is 4.90 Å². The molecule has 0 radical (unpaired) electrons. The lowest BCUT2D eigenvalue weighted by Crippen LogP contribution is -2.57. The summed E-state index contributed by atoms with van der Waals surface area (Å²) in [6, 6.07) is 9.98. The molecule has 2 aliphatic heterocycles. The Kier molecular flexibility index (Phi) is 7.00. The number of likely N-dealkylation sites (tertiary alicyclic amines) is 1. The van der Waals surface area contributed by atoms with Gasteiger partial charge in [0.1, 0.15) is 12.1 Å². The molecule has 1 spiro atoms. The van der Waals surface area contributed by atoms with E-state index in [1.807, 2.05) is 56.0 Å². The van der Waals surface area contributed by atoms with E-state index in [0.717, 1.165) is 18.5 Å². The van der Waals surface area contributed by atoms with Crippen LogP contribution in [0, 0.1) is 0 Å². The second-order valence-corrected chi connectivity index (χ2v) is 8.45. The minimum absolute atomic E-state index is 0.00625. The fourth-order valence-electron chi connectivity index (χ4n) is 4.42. The predicted octanol–water partition coefficient (Wildman–Crippen LogP) is 2.37. The number of piperidine rings is 1. The molecule has 2 fully saturated rings. The van der Waals surface area contributed by atoms with Gasteiger partial charge in [-0.25, -0.2) is 0 Å². The van der Waals surface area contributed by atoms with Gasteiger partial charge >= 0.3 is 0 Å². The molecule has 30 heavy (non-hydrogen) atoms. The molecule has 7 heteroatoms. The SMILES string of the molecule is CCCC(=O)N1CCC2(CC1)C(=O)N(CC(=O)N[C@@H](C)CC)CN2c1ccccc1. The van der Waals surface area contributed by atoms with Gasteiger partial charge in [-0.1, -0.05) is 32.0 Å². The summed E-state index contributed by atoms with van der Waals surface area (Å²) in [7, 11) is 0. The van der Waals surface area contributed by atoms with Gasteiger partial charge in [0.05, 0.1) is 6.67 Å². The minimum atomic E-state index is -0.693. The van der Waals surface area contributed by atoms with Crippen LogP contribution >= 0.6 is 0 Å². The summed E-state index contributed by atoms with van der Waals surface area (Å²) in [6.07, 6.45) is 3.39. The number of anilines is 1. The second-order valence-electron chi connectivity index (χ2n) is 8.45. The largest absolute Gasteiger partial charge is 0.352 e. The van der Waals surface area contributed by atoms with Crippen molar-refractivity contribution < 1.29 is 14.4 Å². The van der Waals surface area contributed by atoms with Gasteiger partial charge in [0, 0.05) is 31.2 Å². The van der Waals surface area contributed by atoms with E-state index in [2.05, 4.69) is 10.2 Å². The molecule has 1 aromatic carbocycles. The highest BCUT2D eigenvalue weighted by Crippen LogP contribution is 2.39. The lowest BCUT2D eigenvalue weighted by Gasteiger charge is -2.43. The summed E-state index contributed by atoms with van der Waals surface area (Å²) in [5.74, 6) is 0.0282. The molecule has 1 N–H and O–H groups in total. The smallest absolute Gasteiger partial charge is 0.250 e. The lowest BCUT2D eigenvalue weighted by molar-refractivity contribution is -0.140. The molecule has 0 bridgehead atoms. The number of hydrogen-bond donors (Lipinski definition) is 1. The van der Waals surface area contributed by atoms with Gasteiger partial charge in [0.15, 0.2) is 0 Å².